The Kier molecular flexibility index (Phi) is 6.20. The SMILES string of the molecule is CC(=O)c1ccc(N2CC[NH+]([C@H](C)C(=O)N3[C@@H](C)CCC[C@@H]3C)CC2)cc1. The molecule has 0 aromatic heterocycles. The van der Waals surface area contributed by atoms with Crippen LogP contribution < -0.4 is 9.80 Å². The lowest BCUT2D eigenvalue weighted by molar-refractivity contribution is -0.915. The van der Waals surface area contributed by atoms with Crippen molar-refractivity contribution < 1.29 is 14.5 Å². The summed E-state index contributed by atoms with van der Waals surface area (Å²) in [4.78, 5) is 30.5. The van der Waals surface area contributed by atoms with Crippen molar-refractivity contribution in [2.45, 2.75) is 65.1 Å². The smallest absolute Gasteiger partial charge is 0.281 e. The molecule has 3 atom stereocenters. The van der Waals surface area contributed by atoms with Gasteiger partial charge >= 0.3 is 0 Å². The number of piperazine rings is 1. The van der Waals surface area contributed by atoms with Crippen molar-refractivity contribution in [2.75, 3.05) is 31.1 Å². The zero-order chi connectivity index (χ0) is 19.6. The number of piperidine rings is 1. The molecule has 0 saturated carbocycles. The molecule has 2 saturated heterocycles. The molecule has 148 valence electrons. The quantitative estimate of drug-likeness (QED) is 0.820. The topological polar surface area (TPSA) is 45.1 Å². The van der Waals surface area contributed by atoms with Gasteiger partial charge in [0.25, 0.3) is 5.91 Å². The van der Waals surface area contributed by atoms with Crippen LogP contribution in [0.25, 0.3) is 0 Å². The molecule has 27 heavy (non-hydrogen) atoms. The van der Waals surface area contributed by atoms with Gasteiger partial charge in [-0.25, -0.2) is 0 Å². The summed E-state index contributed by atoms with van der Waals surface area (Å²) in [6.07, 6.45) is 3.48. The van der Waals surface area contributed by atoms with Gasteiger partial charge in [-0.1, -0.05) is 0 Å². The van der Waals surface area contributed by atoms with Gasteiger partial charge in [-0.2, -0.15) is 0 Å². The highest BCUT2D eigenvalue weighted by molar-refractivity contribution is 5.94. The Hall–Kier alpha value is -1.88. The molecule has 5 heteroatoms. The highest BCUT2D eigenvalue weighted by Gasteiger charge is 2.37. The van der Waals surface area contributed by atoms with Crippen molar-refractivity contribution in [1.82, 2.24) is 4.90 Å². The predicted molar refractivity (Wildman–Crippen MR) is 108 cm³/mol. The molecule has 1 N–H and O–H groups in total. The van der Waals surface area contributed by atoms with E-state index in [9.17, 15) is 9.59 Å². The maximum atomic E-state index is 13.1. The second-order valence-corrected chi connectivity index (χ2v) is 8.34. The molecular weight excluding hydrogens is 338 g/mol. The molecular formula is C22H34N3O2+. The normalized spacial score (nSPS) is 25.3. The van der Waals surface area contributed by atoms with Crippen LogP contribution in [-0.4, -0.2) is 60.9 Å². The second kappa shape index (κ2) is 8.42. The molecule has 0 aliphatic carbocycles. The van der Waals surface area contributed by atoms with Gasteiger partial charge in [0, 0.05) is 23.3 Å². The number of ketones is 1. The molecule has 1 aromatic rings. The highest BCUT2D eigenvalue weighted by atomic mass is 16.2. The summed E-state index contributed by atoms with van der Waals surface area (Å²) in [7, 11) is 0. The minimum absolute atomic E-state index is 0.0234. The van der Waals surface area contributed by atoms with E-state index < -0.39 is 0 Å². The van der Waals surface area contributed by atoms with Crippen LogP contribution in [0.4, 0.5) is 5.69 Å². The van der Waals surface area contributed by atoms with Crippen molar-refractivity contribution in [3.05, 3.63) is 29.8 Å². The number of quaternary nitrogens is 1. The van der Waals surface area contributed by atoms with E-state index in [4.69, 9.17) is 0 Å². The van der Waals surface area contributed by atoms with E-state index in [1.165, 1.54) is 11.3 Å². The number of likely N-dealkylation sites (tertiary alicyclic amines) is 1. The summed E-state index contributed by atoms with van der Waals surface area (Å²) in [6.45, 7) is 11.9. The van der Waals surface area contributed by atoms with E-state index in [0.717, 1.165) is 50.3 Å². The van der Waals surface area contributed by atoms with E-state index in [1.54, 1.807) is 6.92 Å². The minimum Gasteiger partial charge on any atom is -0.360 e. The van der Waals surface area contributed by atoms with Gasteiger partial charge in [-0.15, -0.1) is 0 Å². The van der Waals surface area contributed by atoms with Crippen LogP contribution in [0.15, 0.2) is 24.3 Å². The number of nitrogens with one attached hydrogen (secondary N) is 1. The lowest BCUT2D eigenvalue weighted by atomic mass is 9.96. The van der Waals surface area contributed by atoms with Crippen LogP contribution in [-0.2, 0) is 4.79 Å². The number of hydrogen-bond acceptors (Lipinski definition) is 3. The molecule has 2 heterocycles. The van der Waals surface area contributed by atoms with Crippen molar-refractivity contribution >= 4 is 17.4 Å². The van der Waals surface area contributed by atoms with Crippen LogP contribution in [0, 0.1) is 0 Å². The molecule has 3 rings (SSSR count). The zero-order valence-corrected chi connectivity index (χ0v) is 17.2. The number of hydrogen-bond donors (Lipinski definition) is 1. The van der Waals surface area contributed by atoms with Crippen molar-refractivity contribution in [1.29, 1.82) is 0 Å². The fourth-order valence-electron chi connectivity index (χ4n) is 4.65. The molecule has 0 unspecified atom stereocenters. The van der Waals surface area contributed by atoms with E-state index in [-0.39, 0.29) is 11.8 Å². The van der Waals surface area contributed by atoms with Gasteiger partial charge in [0.05, 0.1) is 26.2 Å². The number of anilines is 1. The van der Waals surface area contributed by atoms with Crippen LogP contribution in [0.2, 0.25) is 0 Å². The maximum Gasteiger partial charge on any atom is 0.281 e. The summed E-state index contributed by atoms with van der Waals surface area (Å²) >= 11 is 0. The number of carbonyl (C=O) groups is 2. The van der Waals surface area contributed by atoms with Gasteiger partial charge in [-0.05, 0) is 71.2 Å². The first-order valence-electron chi connectivity index (χ1n) is 10.4. The average Bonchev–Trinajstić information content (AvgIpc) is 2.67. The number of carbonyl (C=O) groups excluding carboxylic acids is 2. The Balaban J connectivity index is 1.58. The molecule has 1 amide bonds. The average molecular weight is 373 g/mol. The van der Waals surface area contributed by atoms with Crippen molar-refractivity contribution in [2.24, 2.45) is 0 Å². The van der Waals surface area contributed by atoms with Crippen molar-refractivity contribution in [3.8, 4) is 0 Å². The standard InChI is InChI=1S/C22H33N3O2/c1-16-6-5-7-17(2)25(16)22(27)18(3)23-12-14-24(15-13-23)21-10-8-20(9-11-21)19(4)26/h8-11,16-18H,5-7,12-15H2,1-4H3/p+1/t16-,17-,18+/m0/s1. The monoisotopic (exact) mass is 372 g/mol. The first kappa shape index (κ1) is 19.9. The molecule has 2 aliphatic heterocycles. The first-order chi connectivity index (χ1) is 12.9. The van der Waals surface area contributed by atoms with Crippen LogP contribution in [0.3, 0.4) is 0 Å². The highest BCUT2D eigenvalue weighted by Crippen LogP contribution is 2.23. The Labute approximate surface area is 163 Å². The number of amides is 1. The Morgan fingerprint density at radius 2 is 1.59 bits per heavy atom. The van der Waals surface area contributed by atoms with Gasteiger partial charge in [0.15, 0.2) is 11.8 Å². The van der Waals surface area contributed by atoms with Crippen molar-refractivity contribution in [3.63, 3.8) is 0 Å². The molecule has 0 spiro atoms. The van der Waals surface area contributed by atoms with E-state index in [0.29, 0.717) is 18.0 Å². The summed E-state index contributed by atoms with van der Waals surface area (Å²) in [5, 5.41) is 0. The van der Waals surface area contributed by atoms with Gasteiger partial charge < -0.3 is 14.7 Å². The first-order valence-corrected chi connectivity index (χ1v) is 10.4. The molecule has 0 bridgehead atoms. The lowest BCUT2D eigenvalue weighted by Crippen LogP contribution is -3.19. The number of Topliss-reactive ketones (excluding diaryl/α,β-unsaturated/α-hetero) is 1. The Morgan fingerprint density at radius 3 is 2.11 bits per heavy atom. The van der Waals surface area contributed by atoms with Crippen LogP contribution in [0.1, 0.15) is 57.3 Å². The number of nitrogens with zero attached hydrogens (tertiary/aromatic N) is 2. The summed E-state index contributed by atoms with van der Waals surface area (Å²) < 4.78 is 0. The van der Waals surface area contributed by atoms with Gasteiger partial charge in [-0.3, -0.25) is 9.59 Å². The number of benzene rings is 1. The molecule has 0 radical (unpaired) electrons. The largest absolute Gasteiger partial charge is 0.360 e. The van der Waals surface area contributed by atoms with E-state index in [2.05, 4.69) is 30.6 Å². The van der Waals surface area contributed by atoms with Gasteiger partial charge in [0.2, 0.25) is 0 Å². The Bertz CT molecular complexity index is 655. The van der Waals surface area contributed by atoms with Crippen LogP contribution >= 0.6 is 0 Å². The lowest BCUT2D eigenvalue weighted by Gasteiger charge is -2.42. The van der Waals surface area contributed by atoms with E-state index >= 15 is 0 Å². The van der Waals surface area contributed by atoms with Crippen LogP contribution in [0.5, 0.6) is 0 Å². The minimum atomic E-state index is 0.0234. The predicted octanol–water partition coefficient (Wildman–Crippen LogP) is 1.77. The molecule has 2 fully saturated rings. The zero-order valence-electron chi connectivity index (χ0n) is 17.2. The fraction of sp³-hybridized carbons (Fsp3) is 0.636. The summed E-state index contributed by atoms with van der Waals surface area (Å²) in [6, 6.07) is 8.63. The third-order valence-electron chi connectivity index (χ3n) is 6.48. The summed E-state index contributed by atoms with van der Waals surface area (Å²) in [5.41, 5.74) is 1.92. The number of rotatable bonds is 4. The maximum absolute atomic E-state index is 13.1. The third kappa shape index (κ3) is 4.34. The third-order valence-corrected chi connectivity index (χ3v) is 6.48. The summed E-state index contributed by atoms with van der Waals surface area (Å²) in [5.74, 6) is 0.424. The fourth-order valence-corrected chi connectivity index (χ4v) is 4.65. The second-order valence-electron chi connectivity index (χ2n) is 8.34. The molecule has 5 nitrogen and oxygen atoms in total. The molecule has 1 aromatic carbocycles. The van der Waals surface area contributed by atoms with E-state index in [1.807, 2.05) is 24.3 Å². The van der Waals surface area contributed by atoms with Gasteiger partial charge in [0.1, 0.15) is 0 Å². The molecule has 2 aliphatic rings. The Morgan fingerprint density at radius 1 is 1.04 bits per heavy atom.